The van der Waals surface area contributed by atoms with Gasteiger partial charge in [-0.1, -0.05) is 48.0 Å². The normalized spacial score (nSPS) is 15.8. The fourth-order valence-corrected chi connectivity index (χ4v) is 4.13. The molecule has 3 aromatic rings. The van der Waals surface area contributed by atoms with Crippen LogP contribution in [-0.2, 0) is 6.61 Å². The van der Waals surface area contributed by atoms with Crippen molar-refractivity contribution in [1.82, 2.24) is 15.1 Å². The van der Waals surface area contributed by atoms with Gasteiger partial charge in [-0.25, -0.2) is 0 Å². The van der Waals surface area contributed by atoms with Crippen molar-refractivity contribution in [2.24, 2.45) is 0 Å². The van der Waals surface area contributed by atoms with Crippen molar-refractivity contribution in [3.05, 3.63) is 88.9 Å². The fraction of sp³-hybridized carbons (Fsp3) is 0.370. The van der Waals surface area contributed by atoms with Crippen molar-refractivity contribution in [3.63, 3.8) is 0 Å². The molecule has 6 nitrogen and oxygen atoms in total. The van der Waals surface area contributed by atoms with Crippen molar-refractivity contribution < 1.29 is 13.9 Å². The first kappa shape index (κ1) is 23.1. The molecule has 1 aliphatic heterocycles. The minimum absolute atomic E-state index is 0.109. The Morgan fingerprint density at radius 1 is 1.03 bits per heavy atom. The molecule has 1 aliphatic rings. The Balaban J connectivity index is 1.39. The molecule has 6 heteroatoms. The molecule has 1 aromatic heterocycles. The minimum Gasteiger partial charge on any atom is -0.485 e. The van der Waals surface area contributed by atoms with Gasteiger partial charge in [0.2, 0.25) is 0 Å². The number of carbonyl (C=O) groups is 1. The van der Waals surface area contributed by atoms with Crippen LogP contribution in [0.5, 0.6) is 5.75 Å². The number of carbonyl (C=O) groups excluding carboxylic acids is 1. The lowest BCUT2D eigenvalue weighted by atomic mass is 10.1. The summed E-state index contributed by atoms with van der Waals surface area (Å²) < 4.78 is 11.7. The highest BCUT2D eigenvalue weighted by atomic mass is 16.5. The molecule has 1 saturated heterocycles. The highest BCUT2D eigenvalue weighted by Crippen LogP contribution is 2.21. The average molecular weight is 448 g/mol. The predicted molar refractivity (Wildman–Crippen MR) is 130 cm³/mol. The SMILES string of the molecule is Cc1ccc(OCc2ccc(C(=O)NC(CN3CCN(C)CC3)c3ccccc3)o2)c(C)c1. The van der Waals surface area contributed by atoms with Gasteiger partial charge in [-0.15, -0.1) is 0 Å². The van der Waals surface area contributed by atoms with Gasteiger partial charge < -0.3 is 19.4 Å². The molecular formula is C27H33N3O3. The lowest BCUT2D eigenvalue weighted by Crippen LogP contribution is -2.47. The number of likely N-dealkylation sites (N-methyl/N-ethyl adjacent to an activating group) is 1. The molecule has 4 rings (SSSR count). The van der Waals surface area contributed by atoms with E-state index in [-0.39, 0.29) is 18.6 Å². The molecule has 2 aromatic carbocycles. The molecule has 174 valence electrons. The number of piperazine rings is 1. The zero-order chi connectivity index (χ0) is 23.2. The molecule has 0 bridgehead atoms. The maximum Gasteiger partial charge on any atom is 0.287 e. The topological polar surface area (TPSA) is 58.0 Å². The van der Waals surface area contributed by atoms with E-state index in [2.05, 4.69) is 47.3 Å². The van der Waals surface area contributed by atoms with Crippen LogP contribution < -0.4 is 10.1 Å². The van der Waals surface area contributed by atoms with Crippen LogP contribution in [0.2, 0.25) is 0 Å². The molecule has 33 heavy (non-hydrogen) atoms. The third-order valence-electron chi connectivity index (χ3n) is 6.13. The number of furan rings is 1. The molecule has 1 unspecified atom stereocenters. The van der Waals surface area contributed by atoms with E-state index in [1.807, 2.05) is 37.3 Å². The Bertz CT molecular complexity index is 1060. The van der Waals surface area contributed by atoms with Crippen molar-refractivity contribution in [2.45, 2.75) is 26.5 Å². The first-order chi connectivity index (χ1) is 16.0. The van der Waals surface area contributed by atoms with Crippen LogP contribution in [0, 0.1) is 13.8 Å². The van der Waals surface area contributed by atoms with Gasteiger partial charge in [0.05, 0.1) is 6.04 Å². The summed E-state index contributed by atoms with van der Waals surface area (Å²) >= 11 is 0. The largest absolute Gasteiger partial charge is 0.485 e. The quantitative estimate of drug-likeness (QED) is 0.561. The number of amides is 1. The second-order valence-electron chi connectivity index (χ2n) is 8.86. The van der Waals surface area contributed by atoms with Crippen molar-refractivity contribution in [3.8, 4) is 5.75 Å². The molecule has 0 radical (unpaired) electrons. The van der Waals surface area contributed by atoms with Gasteiger partial charge in [-0.2, -0.15) is 0 Å². The summed E-state index contributed by atoms with van der Waals surface area (Å²) in [6.07, 6.45) is 0. The Morgan fingerprint density at radius 2 is 1.79 bits per heavy atom. The first-order valence-electron chi connectivity index (χ1n) is 11.5. The van der Waals surface area contributed by atoms with Crippen LogP contribution in [0.15, 0.2) is 65.1 Å². The second kappa shape index (κ2) is 10.7. The number of rotatable bonds is 8. The second-order valence-corrected chi connectivity index (χ2v) is 8.86. The first-order valence-corrected chi connectivity index (χ1v) is 11.5. The highest BCUT2D eigenvalue weighted by molar-refractivity contribution is 5.91. The molecule has 0 aliphatic carbocycles. The van der Waals surface area contributed by atoms with Gasteiger partial charge in [0.25, 0.3) is 5.91 Å². The summed E-state index contributed by atoms with van der Waals surface area (Å²) in [5.41, 5.74) is 3.37. The highest BCUT2D eigenvalue weighted by Gasteiger charge is 2.23. The van der Waals surface area contributed by atoms with E-state index in [9.17, 15) is 4.79 Å². The van der Waals surface area contributed by atoms with Gasteiger partial charge in [0.15, 0.2) is 5.76 Å². The predicted octanol–water partition coefficient (Wildman–Crippen LogP) is 4.19. The van der Waals surface area contributed by atoms with Crippen molar-refractivity contribution in [1.29, 1.82) is 0 Å². The molecule has 1 fully saturated rings. The Kier molecular flexibility index (Phi) is 7.47. The van der Waals surface area contributed by atoms with Gasteiger partial charge >= 0.3 is 0 Å². The van der Waals surface area contributed by atoms with Crippen LogP contribution in [-0.4, -0.2) is 55.5 Å². The maximum absolute atomic E-state index is 13.0. The molecule has 2 heterocycles. The van der Waals surface area contributed by atoms with Gasteiger partial charge in [-0.3, -0.25) is 9.69 Å². The third kappa shape index (κ3) is 6.24. The molecule has 0 spiro atoms. The van der Waals surface area contributed by atoms with Crippen LogP contribution >= 0.6 is 0 Å². The Hall–Kier alpha value is -3.09. The fourth-order valence-electron chi connectivity index (χ4n) is 4.13. The number of ether oxygens (including phenoxy) is 1. The van der Waals surface area contributed by atoms with E-state index >= 15 is 0 Å². The zero-order valence-corrected chi connectivity index (χ0v) is 19.7. The molecule has 1 amide bonds. The van der Waals surface area contributed by atoms with Crippen LogP contribution in [0.3, 0.4) is 0 Å². The van der Waals surface area contributed by atoms with Crippen LogP contribution in [0.4, 0.5) is 0 Å². The van der Waals surface area contributed by atoms with Crippen molar-refractivity contribution in [2.75, 3.05) is 39.8 Å². The Morgan fingerprint density at radius 3 is 2.52 bits per heavy atom. The molecule has 0 saturated carbocycles. The van der Waals surface area contributed by atoms with Gasteiger partial charge in [0.1, 0.15) is 18.1 Å². The molecule has 1 atom stereocenters. The third-order valence-corrected chi connectivity index (χ3v) is 6.13. The maximum atomic E-state index is 13.0. The van der Waals surface area contributed by atoms with E-state index in [0.717, 1.165) is 49.6 Å². The summed E-state index contributed by atoms with van der Waals surface area (Å²) in [5.74, 6) is 1.53. The number of benzene rings is 2. The van der Waals surface area contributed by atoms with Crippen LogP contribution in [0.1, 0.15) is 39.0 Å². The summed E-state index contributed by atoms with van der Waals surface area (Å²) in [6.45, 7) is 9.20. The smallest absolute Gasteiger partial charge is 0.287 e. The summed E-state index contributed by atoms with van der Waals surface area (Å²) in [7, 11) is 2.14. The minimum atomic E-state index is -0.212. The van der Waals surface area contributed by atoms with E-state index < -0.39 is 0 Å². The Labute approximate surface area is 196 Å². The number of hydrogen-bond acceptors (Lipinski definition) is 5. The summed E-state index contributed by atoms with van der Waals surface area (Å²) in [4.78, 5) is 17.8. The molecular weight excluding hydrogens is 414 g/mol. The summed E-state index contributed by atoms with van der Waals surface area (Å²) in [6, 6.07) is 19.6. The summed E-state index contributed by atoms with van der Waals surface area (Å²) in [5, 5.41) is 3.18. The van der Waals surface area contributed by atoms with E-state index in [1.54, 1.807) is 12.1 Å². The number of nitrogens with zero attached hydrogens (tertiary/aromatic N) is 2. The average Bonchev–Trinajstić information content (AvgIpc) is 3.29. The number of hydrogen-bond donors (Lipinski definition) is 1. The van der Waals surface area contributed by atoms with Gasteiger partial charge in [-0.05, 0) is 50.2 Å². The monoisotopic (exact) mass is 447 g/mol. The number of aryl methyl sites for hydroxylation is 2. The van der Waals surface area contributed by atoms with E-state index in [1.165, 1.54) is 5.56 Å². The van der Waals surface area contributed by atoms with Crippen LogP contribution in [0.25, 0.3) is 0 Å². The standard InChI is InChI=1S/C27H33N3O3/c1-20-9-11-25(21(2)17-20)32-19-23-10-12-26(33-23)27(31)28-24(22-7-5-4-6-8-22)18-30-15-13-29(3)14-16-30/h4-12,17,24H,13-16,18-19H2,1-3H3,(H,28,31). The van der Waals surface area contributed by atoms with E-state index in [4.69, 9.17) is 9.15 Å². The number of nitrogens with one attached hydrogen (secondary N) is 1. The van der Waals surface area contributed by atoms with Gasteiger partial charge in [0, 0.05) is 32.7 Å². The van der Waals surface area contributed by atoms with E-state index in [0.29, 0.717) is 11.5 Å². The molecule has 1 N–H and O–H groups in total. The van der Waals surface area contributed by atoms with Crippen molar-refractivity contribution >= 4 is 5.91 Å². The lowest BCUT2D eigenvalue weighted by molar-refractivity contribution is 0.0876. The zero-order valence-electron chi connectivity index (χ0n) is 19.7. The lowest BCUT2D eigenvalue weighted by Gasteiger charge is -2.34.